The van der Waals surface area contributed by atoms with Gasteiger partial charge in [-0.25, -0.2) is 0 Å². The lowest BCUT2D eigenvalue weighted by Crippen LogP contribution is -2.25. The van der Waals surface area contributed by atoms with Crippen LogP contribution in [0.3, 0.4) is 0 Å². The van der Waals surface area contributed by atoms with Gasteiger partial charge in [-0.15, -0.1) is 4.91 Å². The maximum Gasteiger partial charge on any atom is 0.262 e. The molecule has 0 atom stereocenters. The molecule has 1 aromatic rings. The van der Waals surface area contributed by atoms with E-state index in [9.17, 15) is 9.70 Å². The van der Waals surface area contributed by atoms with Crippen LogP contribution in [0.2, 0.25) is 0 Å². The number of benzene rings is 1. The number of nitrogens with zero attached hydrogens (tertiary/aromatic N) is 1. The Morgan fingerprint density at radius 2 is 2.29 bits per heavy atom. The third-order valence-corrected chi connectivity index (χ3v) is 2.04. The van der Waals surface area contributed by atoms with E-state index in [0.29, 0.717) is 11.4 Å². The first-order chi connectivity index (χ1) is 6.72. The molecule has 5 nitrogen and oxygen atoms in total. The van der Waals surface area contributed by atoms with E-state index in [0.717, 1.165) is 5.56 Å². The average molecular weight is 192 g/mol. The van der Waals surface area contributed by atoms with Crippen molar-refractivity contribution in [2.24, 2.45) is 5.18 Å². The summed E-state index contributed by atoms with van der Waals surface area (Å²) in [6.07, 6.45) is 0. The quantitative estimate of drug-likeness (QED) is 0.689. The molecule has 0 radical (unpaired) electrons. The summed E-state index contributed by atoms with van der Waals surface area (Å²) in [4.78, 5) is 21.5. The maximum atomic E-state index is 11.0. The van der Waals surface area contributed by atoms with Gasteiger partial charge in [0.05, 0.1) is 0 Å². The molecule has 72 valence electrons. The van der Waals surface area contributed by atoms with Gasteiger partial charge in [0.25, 0.3) is 5.91 Å². The minimum Gasteiger partial charge on any atom is -0.481 e. The molecule has 0 aliphatic carbocycles. The van der Waals surface area contributed by atoms with Crippen LogP contribution < -0.4 is 10.1 Å². The zero-order chi connectivity index (χ0) is 10.1. The molecule has 0 bridgehead atoms. The first-order valence-corrected chi connectivity index (χ1v) is 4.12. The number of aryl methyl sites for hydroxylation is 1. The minimum absolute atomic E-state index is 0.0177. The summed E-state index contributed by atoms with van der Waals surface area (Å²) < 4.78 is 5.20. The Hall–Kier alpha value is -1.91. The second-order valence-electron chi connectivity index (χ2n) is 3.03. The molecule has 0 unspecified atom stereocenters. The van der Waals surface area contributed by atoms with Crippen LogP contribution in [0.4, 0.5) is 11.4 Å². The summed E-state index contributed by atoms with van der Waals surface area (Å²) in [5, 5.41) is 5.38. The van der Waals surface area contributed by atoms with Crippen LogP contribution in [0.5, 0.6) is 5.75 Å². The topological polar surface area (TPSA) is 67.8 Å². The maximum absolute atomic E-state index is 11.0. The summed E-state index contributed by atoms with van der Waals surface area (Å²) in [5.41, 5.74) is 1.43. The standard InChI is InChI=1S/C9H8N2O3/c1-5-2-3-6(11-13)8-9(5)14-4-7(12)10-8/h2-3H,4H2,1H3,(H,10,12). The fraction of sp³-hybridized carbons (Fsp3) is 0.222. The lowest BCUT2D eigenvalue weighted by atomic mass is 10.1. The van der Waals surface area contributed by atoms with Crippen LogP contribution in [0, 0.1) is 11.8 Å². The van der Waals surface area contributed by atoms with Crippen molar-refractivity contribution in [3.8, 4) is 5.75 Å². The summed E-state index contributed by atoms with van der Waals surface area (Å²) in [6, 6.07) is 3.28. The number of nitroso groups, excluding NO2 is 1. The van der Waals surface area contributed by atoms with Gasteiger partial charge in [-0.05, 0) is 23.7 Å². The van der Waals surface area contributed by atoms with E-state index in [1.54, 1.807) is 12.1 Å². The number of nitrogens with one attached hydrogen (secondary N) is 1. The highest BCUT2D eigenvalue weighted by molar-refractivity contribution is 5.99. The summed E-state index contributed by atoms with van der Waals surface area (Å²) >= 11 is 0. The van der Waals surface area contributed by atoms with Crippen molar-refractivity contribution in [1.29, 1.82) is 0 Å². The van der Waals surface area contributed by atoms with Crippen molar-refractivity contribution < 1.29 is 9.53 Å². The first kappa shape index (κ1) is 8.68. The molecule has 0 fully saturated rings. The number of carbonyl (C=O) groups excluding carboxylic acids is 1. The van der Waals surface area contributed by atoms with Gasteiger partial charge in [-0.3, -0.25) is 4.79 Å². The smallest absolute Gasteiger partial charge is 0.262 e. The second-order valence-corrected chi connectivity index (χ2v) is 3.03. The number of hydrogen-bond acceptors (Lipinski definition) is 4. The largest absolute Gasteiger partial charge is 0.481 e. The SMILES string of the molecule is Cc1ccc(N=O)c2c1OCC(=O)N2. The van der Waals surface area contributed by atoms with Crippen molar-refractivity contribution in [2.45, 2.75) is 6.92 Å². The van der Waals surface area contributed by atoms with Crippen LogP contribution in [0.25, 0.3) is 0 Å². The molecule has 1 aliphatic heterocycles. The molecule has 2 rings (SSSR count). The van der Waals surface area contributed by atoms with Gasteiger partial charge in [-0.2, -0.15) is 0 Å². The lowest BCUT2D eigenvalue weighted by Gasteiger charge is -2.20. The van der Waals surface area contributed by atoms with E-state index in [4.69, 9.17) is 4.74 Å². The summed E-state index contributed by atoms with van der Waals surface area (Å²) in [7, 11) is 0. The van der Waals surface area contributed by atoms with Crippen LogP contribution in [-0.4, -0.2) is 12.5 Å². The van der Waals surface area contributed by atoms with Crippen molar-refractivity contribution in [3.05, 3.63) is 22.6 Å². The summed E-state index contributed by atoms with van der Waals surface area (Å²) in [5.74, 6) is 0.259. The van der Waals surface area contributed by atoms with Crippen molar-refractivity contribution in [3.63, 3.8) is 0 Å². The molecule has 1 aromatic carbocycles. The van der Waals surface area contributed by atoms with Gasteiger partial charge in [0.2, 0.25) is 0 Å². The normalized spacial score (nSPS) is 13.9. The van der Waals surface area contributed by atoms with Crippen molar-refractivity contribution in [2.75, 3.05) is 11.9 Å². The monoisotopic (exact) mass is 192 g/mol. The molecule has 0 aromatic heterocycles. The number of ether oxygens (including phenoxy) is 1. The fourth-order valence-corrected chi connectivity index (χ4v) is 1.37. The van der Waals surface area contributed by atoms with Crippen molar-refractivity contribution >= 4 is 17.3 Å². The number of rotatable bonds is 1. The van der Waals surface area contributed by atoms with Crippen LogP contribution >= 0.6 is 0 Å². The molecular weight excluding hydrogens is 184 g/mol. The molecular formula is C9H8N2O3. The predicted molar refractivity (Wildman–Crippen MR) is 50.8 cm³/mol. The number of anilines is 1. The molecule has 1 N–H and O–H groups in total. The number of amides is 1. The average Bonchev–Trinajstić information content (AvgIpc) is 2.18. The van der Waals surface area contributed by atoms with Crippen molar-refractivity contribution in [1.82, 2.24) is 0 Å². The van der Waals surface area contributed by atoms with E-state index in [1.807, 2.05) is 6.92 Å². The van der Waals surface area contributed by atoms with E-state index in [-0.39, 0.29) is 18.2 Å². The number of carbonyl (C=O) groups is 1. The molecule has 0 saturated carbocycles. The van der Waals surface area contributed by atoms with E-state index >= 15 is 0 Å². The van der Waals surface area contributed by atoms with Crippen LogP contribution in [0.1, 0.15) is 5.56 Å². The molecule has 1 amide bonds. The number of hydrogen-bond donors (Lipinski definition) is 1. The Morgan fingerprint density at radius 3 is 3.00 bits per heavy atom. The van der Waals surface area contributed by atoms with E-state index in [2.05, 4.69) is 10.5 Å². The zero-order valence-corrected chi connectivity index (χ0v) is 7.53. The van der Waals surface area contributed by atoms with Gasteiger partial charge >= 0.3 is 0 Å². The molecule has 1 heterocycles. The lowest BCUT2D eigenvalue weighted by molar-refractivity contribution is -0.118. The molecule has 0 saturated heterocycles. The van der Waals surface area contributed by atoms with Crippen LogP contribution in [-0.2, 0) is 4.79 Å². The zero-order valence-electron chi connectivity index (χ0n) is 7.53. The van der Waals surface area contributed by atoms with E-state index in [1.165, 1.54) is 0 Å². The molecule has 5 heteroatoms. The predicted octanol–water partition coefficient (Wildman–Crippen LogP) is 1.72. The van der Waals surface area contributed by atoms with Crippen LogP contribution in [0.15, 0.2) is 17.3 Å². The number of fused-ring (bicyclic) bond motifs is 1. The Bertz CT molecular complexity index is 415. The highest BCUT2D eigenvalue weighted by Gasteiger charge is 2.21. The van der Waals surface area contributed by atoms with Gasteiger partial charge in [0, 0.05) is 0 Å². The Kier molecular flexibility index (Phi) is 1.92. The fourth-order valence-electron chi connectivity index (χ4n) is 1.37. The van der Waals surface area contributed by atoms with Gasteiger partial charge < -0.3 is 10.1 Å². The first-order valence-electron chi connectivity index (χ1n) is 4.12. The Balaban J connectivity index is 2.60. The highest BCUT2D eigenvalue weighted by atomic mass is 16.5. The Labute approximate surface area is 80.0 Å². The van der Waals surface area contributed by atoms with E-state index < -0.39 is 0 Å². The third kappa shape index (κ3) is 1.22. The van der Waals surface area contributed by atoms with Gasteiger partial charge in [0.1, 0.15) is 17.1 Å². The highest BCUT2D eigenvalue weighted by Crippen LogP contribution is 2.39. The third-order valence-electron chi connectivity index (χ3n) is 2.04. The Morgan fingerprint density at radius 1 is 1.50 bits per heavy atom. The molecule has 14 heavy (non-hydrogen) atoms. The van der Waals surface area contributed by atoms with Gasteiger partial charge in [-0.1, -0.05) is 6.07 Å². The second kappa shape index (κ2) is 3.10. The molecule has 0 spiro atoms. The summed E-state index contributed by atoms with van der Waals surface area (Å²) in [6.45, 7) is 1.82. The minimum atomic E-state index is -0.270. The molecule has 1 aliphatic rings. The van der Waals surface area contributed by atoms with Gasteiger partial charge in [0.15, 0.2) is 6.61 Å².